The van der Waals surface area contributed by atoms with E-state index < -0.39 is 0 Å². The van der Waals surface area contributed by atoms with Gasteiger partial charge >= 0.3 is 0 Å². The maximum atomic E-state index is 13.0. The van der Waals surface area contributed by atoms with Gasteiger partial charge in [-0.15, -0.1) is 11.3 Å². The Hall–Kier alpha value is -3.24. The van der Waals surface area contributed by atoms with E-state index in [0.29, 0.717) is 16.2 Å². The van der Waals surface area contributed by atoms with Gasteiger partial charge in [-0.25, -0.2) is 4.98 Å². The number of hydrogen-bond acceptors (Lipinski definition) is 6. The van der Waals surface area contributed by atoms with Crippen LogP contribution in [0.5, 0.6) is 0 Å². The molecule has 0 aliphatic carbocycles. The molecule has 0 N–H and O–H groups in total. The second-order valence-electron chi connectivity index (χ2n) is 8.32. The molecule has 0 fully saturated rings. The summed E-state index contributed by atoms with van der Waals surface area (Å²) in [7, 11) is 2.09. The standard InChI is InChI=1S/C28H23N3OS2/c1-31-14-13-24-23(17-31)27(26-8-5-15-33-26)22(16-29)28(30-24)34-18-25(32)21-11-9-20(10-12-21)19-6-3-2-4-7-19/h2-12,15H,13-14,17-18H2,1H3. The van der Waals surface area contributed by atoms with Crippen LogP contribution in [-0.2, 0) is 13.0 Å². The van der Waals surface area contributed by atoms with Gasteiger partial charge in [-0.05, 0) is 35.2 Å². The number of pyridine rings is 1. The van der Waals surface area contributed by atoms with Gasteiger partial charge in [0, 0.05) is 41.2 Å². The van der Waals surface area contributed by atoms with Gasteiger partial charge in [0.2, 0.25) is 0 Å². The molecule has 1 aliphatic heterocycles. The number of aromatic nitrogens is 1. The minimum atomic E-state index is 0.0328. The summed E-state index contributed by atoms with van der Waals surface area (Å²) in [6.07, 6.45) is 0.846. The molecule has 0 saturated heterocycles. The summed E-state index contributed by atoms with van der Waals surface area (Å²) in [6.45, 7) is 1.72. The van der Waals surface area contributed by atoms with E-state index in [1.807, 2.05) is 53.9 Å². The first-order valence-corrected chi connectivity index (χ1v) is 13.0. The minimum absolute atomic E-state index is 0.0328. The van der Waals surface area contributed by atoms with Gasteiger partial charge in [-0.3, -0.25) is 4.79 Å². The Balaban J connectivity index is 1.41. The smallest absolute Gasteiger partial charge is 0.173 e. The Labute approximate surface area is 207 Å². The van der Waals surface area contributed by atoms with Gasteiger partial charge in [0.15, 0.2) is 5.78 Å². The zero-order valence-electron chi connectivity index (χ0n) is 18.8. The first-order valence-electron chi connectivity index (χ1n) is 11.1. The fourth-order valence-electron chi connectivity index (χ4n) is 4.27. The van der Waals surface area contributed by atoms with Crippen LogP contribution < -0.4 is 0 Å². The van der Waals surface area contributed by atoms with Crippen molar-refractivity contribution >= 4 is 28.9 Å². The Morgan fingerprint density at radius 3 is 2.56 bits per heavy atom. The van der Waals surface area contributed by atoms with Crippen molar-refractivity contribution < 1.29 is 4.79 Å². The lowest BCUT2D eigenvalue weighted by Gasteiger charge is -2.27. The molecule has 4 nitrogen and oxygen atoms in total. The SMILES string of the molecule is CN1CCc2nc(SCC(=O)c3ccc(-c4ccccc4)cc3)c(C#N)c(-c3cccs3)c2C1. The molecule has 2 aromatic carbocycles. The van der Waals surface area contributed by atoms with E-state index in [9.17, 15) is 10.1 Å². The van der Waals surface area contributed by atoms with E-state index in [4.69, 9.17) is 4.98 Å². The maximum Gasteiger partial charge on any atom is 0.173 e. The molecule has 0 bridgehead atoms. The molecule has 34 heavy (non-hydrogen) atoms. The largest absolute Gasteiger partial charge is 0.302 e. The number of hydrogen-bond donors (Lipinski definition) is 0. The molecule has 0 atom stereocenters. The zero-order chi connectivity index (χ0) is 23.5. The Morgan fingerprint density at radius 1 is 1.09 bits per heavy atom. The molecule has 0 spiro atoms. The lowest BCUT2D eigenvalue weighted by molar-refractivity contribution is 0.102. The number of ketones is 1. The quantitative estimate of drug-likeness (QED) is 0.239. The third-order valence-corrected chi connectivity index (χ3v) is 7.90. The van der Waals surface area contributed by atoms with E-state index in [-0.39, 0.29) is 11.5 Å². The van der Waals surface area contributed by atoms with Crippen LogP contribution in [0.3, 0.4) is 0 Å². The van der Waals surface area contributed by atoms with Gasteiger partial charge < -0.3 is 4.90 Å². The lowest BCUT2D eigenvalue weighted by Crippen LogP contribution is -2.28. The van der Waals surface area contributed by atoms with Crippen LogP contribution in [0.2, 0.25) is 0 Å². The van der Waals surface area contributed by atoms with Crippen molar-refractivity contribution in [2.75, 3.05) is 19.3 Å². The fourth-order valence-corrected chi connectivity index (χ4v) is 5.97. The molecule has 2 aromatic heterocycles. The van der Waals surface area contributed by atoms with Crippen molar-refractivity contribution in [1.29, 1.82) is 5.26 Å². The van der Waals surface area contributed by atoms with E-state index in [1.54, 1.807) is 11.3 Å². The highest BCUT2D eigenvalue weighted by Crippen LogP contribution is 2.39. The number of fused-ring (bicyclic) bond motifs is 1. The number of nitriles is 1. The number of thiophene rings is 1. The molecule has 6 heteroatoms. The highest BCUT2D eigenvalue weighted by atomic mass is 32.2. The minimum Gasteiger partial charge on any atom is -0.302 e. The summed E-state index contributed by atoms with van der Waals surface area (Å²) in [5.41, 5.74) is 6.62. The number of likely N-dealkylation sites (N-methyl/N-ethyl adjacent to an activating group) is 1. The average molecular weight is 482 g/mol. The average Bonchev–Trinajstić information content (AvgIpc) is 3.41. The number of carbonyl (C=O) groups excluding carboxylic acids is 1. The van der Waals surface area contributed by atoms with Crippen molar-refractivity contribution in [2.24, 2.45) is 0 Å². The van der Waals surface area contributed by atoms with E-state index in [1.165, 1.54) is 11.8 Å². The number of rotatable bonds is 6. The van der Waals surface area contributed by atoms with Gasteiger partial charge in [0.1, 0.15) is 11.1 Å². The van der Waals surface area contributed by atoms with Gasteiger partial charge in [-0.1, -0.05) is 72.4 Å². The maximum absolute atomic E-state index is 13.0. The third-order valence-electron chi connectivity index (χ3n) is 6.04. The molecular formula is C28H23N3OS2. The van der Waals surface area contributed by atoms with Crippen LogP contribution in [0, 0.1) is 11.3 Å². The van der Waals surface area contributed by atoms with Crippen LogP contribution >= 0.6 is 23.1 Å². The number of thioether (sulfide) groups is 1. The molecule has 0 unspecified atom stereocenters. The molecule has 3 heterocycles. The van der Waals surface area contributed by atoms with Crippen LogP contribution in [0.1, 0.15) is 27.2 Å². The van der Waals surface area contributed by atoms with Crippen molar-refractivity contribution in [2.45, 2.75) is 18.0 Å². The molecule has 4 aromatic rings. The summed E-state index contributed by atoms with van der Waals surface area (Å²) in [4.78, 5) is 21.2. The Bertz CT molecular complexity index is 1360. The Kier molecular flexibility index (Phi) is 6.59. The van der Waals surface area contributed by atoms with Crippen molar-refractivity contribution in [1.82, 2.24) is 9.88 Å². The summed E-state index contributed by atoms with van der Waals surface area (Å²) in [6, 6.07) is 24.3. The first kappa shape index (κ1) is 22.5. The van der Waals surface area contributed by atoms with Crippen LogP contribution in [-0.4, -0.2) is 35.0 Å². The molecule has 0 amide bonds. The monoisotopic (exact) mass is 481 g/mol. The first-order chi connectivity index (χ1) is 16.6. The molecule has 5 rings (SSSR count). The number of carbonyl (C=O) groups is 1. The second kappa shape index (κ2) is 9.94. The predicted molar refractivity (Wildman–Crippen MR) is 139 cm³/mol. The summed E-state index contributed by atoms with van der Waals surface area (Å²) in [5.74, 6) is 0.278. The van der Waals surface area contributed by atoms with Gasteiger partial charge in [0.05, 0.1) is 11.3 Å². The van der Waals surface area contributed by atoms with Crippen molar-refractivity contribution in [3.63, 3.8) is 0 Å². The normalized spacial score (nSPS) is 13.3. The summed E-state index contributed by atoms with van der Waals surface area (Å²) >= 11 is 3.00. The van der Waals surface area contributed by atoms with Crippen molar-refractivity contribution in [3.8, 4) is 27.6 Å². The highest BCUT2D eigenvalue weighted by Gasteiger charge is 2.25. The summed E-state index contributed by atoms with van der Waals surface area (Å²) in [5, 5.41) is 12.8. The third kappa shape index (κ3) is 4.55. The number of Topliss-reactive ketones (excluding diaryl/α,β-unsaturated/α-hetero) is 1. The van der Waals surface area contributed by atoms with Crippen LogP contribution in [0.25, 0.3) is 21.6 Å². The van der Waals surface area contributed by atoms with Crippen LogP contribution in [0.4, 0.5) is 0 Å². The Morgan fingerprint density at radius 2 is 1.85 bits per heavy atom. The zero-order valence-corrected chi connectivity index (χ0v) is 20.5. The van der Waals surface area contributed by atoms with Gasteiger partial charge in [0.25, 0.3) is 0 Å². The lowest BCUT2D eigenvalue weighted by atomic mass is 9.96. The predicted octanol–water partition coefficient (Wildman–Crippen LogP) is 6.31. The fraction of sp³-hybridized carbons (Fsp3) is 0.179. The molecule has 168 valence electrons. The number of nitrogens with zero attached hydrogens (tertiary/aromatic N) is 3. The second-order valence-corrected chi connectivity index (χ2v) is 10.2. The van der Waals surface area contributed by atoms with E-state index >= 15 is 0 Å². The van der Waals surface area contributed by atoms with Crippen molar-refractivity contribution in [3.05, 3.63) is 94.5 Å². The molecule has 0 radical (unpaired) electrons. The van der Waals surface area contributed by atoms with Gasteiger partial charge in [-0.2, -0.15) is 5.26 Å². The number of benzene rings is 2. The van der Waals surface area contributed by atoms with E-state index in [0.717, 1.165) is 52.3 Å². The summed E-state index contributed by atoms with van der Waals surface area (Å²) < 4.78 is 0. The topological polar surface area (TPSA) is 57.0 Å². The molecule has 0 saturated carbocycles. The van der Waals surface area contributed by atoms with E-state index in [2.05, 4.69) is 36.2 Å². The highest BCUT2D eigenvalue weighted by molar-refractivity contribution is 8.00. The molecule has 1 aliphatic rings. The molecular weight excluding hydrogens is 458 g/mol. The van der Waals surface area contributed by atoms with Crippen LogP contribution in [0.15, 0.2) is 77.1 Å².